The Hall–Kier alpha value is -2.25. The average molecular weight is 395 g/mol. The first-order chi connectivity index (χ1) is 11.5. The van der Waals surface area contributed by atoms with E-state index >= 15 is 0 Å². The van der Waals surface area contributed by atoms with Crippen molar-refractivity contribution in [2.24, 2.45) is 5.73 Å². The molecule has 0 atom stereocenters. The number of fused-ring (bicyclic) bond motifs is 1. The molecule has 1 aromatic heterocycles. The molecule has 0 aliphatic heterocycles. The van der Waals surface area contributed by atoms with Gasteiger partial charge in [0.25, 0.3) is 5.56 Å². The Kier molecular flexibility index (Phi) is 4.64. The summed E-state index contributed by atoms with van der Waals surface area (Å²) in [5.41, 5.74) is 5.82. The molecule has 0 amide bonds. The minimum atomic E-state index is -1.20. The molecule has 0 spiro atoms. The number of hydrogen-bond acceptors (Lipinski definition) is 3. The Morgan fingerprint density at radius 1 is 1.12 bits per heavy atom. The van der Waals surface area contributed by atoms with Gasteiger partial charge in [0.2, 0.25) is 0 Å². The molecule has 1 heterocycles. The van der Waals surface area contributed by atoms with E-state index in [1.807, 2.05) is 0 Å². The van der Waals surface area contributed by atoms with Crippen LogP contribution in [0.5, 0.6) is 5.75 Å². The molecule has 2 aromatic carbocycles. The first-order valence-electron chi connectivity index (χ1n) is 7.15. The summed E-state index contributed by atoms with van der Waals surface area (Å²) >= 11 is 3.34. The van der Waals surface area contributed by atoms with Gasteiger partial charge < -0.3 is 15.5 Å². The second-order valence-corrected chi connectivity index (χ2v) is 6.00. The number of nitrogens with one attached hydrogen (secondary N) is 1. The van der Waals surface area contributed by atoms with Gasteiger partial charge in [-0.05, 0) is 24.3 Å². The van der Waals surface area contributed by atoms with Crippen molar-refractivity contribution in [3.8, 4) is 17.0 Å². The third kappa shape index (κ3) is 2.92. The van der Waals surface area contributed by atoms with Crippen LogP contribution in [0.3, 0.4) is 0 Å². The molecule has 0 saturated heterocycles. The van der Waals surface area contributed by atoms with E-state index in [0.29, 0.717) is 11.3 Å². The van der Waals surface area contributed by atoms with E-state index < -0.39 is 17.2 Å². The standard InChI is InChI=1S/C17H13BrF2N2O2/c18-10-3-1-9(2-4-10)15-16(24-8-7-21)11-5-6-12(19)14(20)13(11)17(23)22-15/h1-6H,7-8,21H2,(H,22,23). The second kappa shape index (κ2) is 6.70. The third-order valence-corrected chi connectivity index (χ3v) is 4.06. The topological polar surface area (TPSA) is 68.1 Å². The van der Waals surface area contributed by atoms with E-state index in [1.165, 1.54) is 6.07 Å². The lowest BCUT2D eigenvalue weighted by atomic mass is 10.0. The monoisotopic (exact) mass is 394 g/mol. The molecule has 0 radical (unpaired) electrons. The van der Waals surface area contributed by atoms with Gasteiger partial charge in [0.15, 0.2) is 17.4 Å². The van der Waals surface area contributed by atoms with Crippen molar-refractivity contribution in [2.45, 2.75) is 0 Å². The molecule has 0 saturated carbocycles. The Balaban J connectivity index is 2.34. The van der Waals surface area contributed by atoms with Crippen LogP contribution >= 0.6 is 15.9 Å². The van der Waals surface area contributed by atoms with Gasteiger partial charge in [-0.15, -0.1) is 0 Å². The lowest BCUT2D eigenvalue weighted by molar-refractivity contribution is 0.332. The summed E-state index contributed by atoms with van der Waals surface area (Å²) in [5, 5.41) is -0.174. The largest absolute Gasteiger partial charge is 0.489 e. The molecule has 4 nitrogen and oxygen atoms in total. The summed E-state index contributed by atoms with van der Waals surface area (Å²) in [6, 6.07) is 9.45. The molecular formula is C17H13BrF2N2O2. The van der Waals surface area contributed by atoms with Crippen molar-refractivity contribution >= 4 is 26.7 Å². The fraction of sp³-hybridized carbons (Fsp3) is 0.118. The summed E-state index contributed by atoms with van der Waals surface area (Å²) in [7, 11) is 0. The molecule has 3 rings (SSSR count). The lowest BCUT2D eigenvalue weighted by Gasteiger charge is -2.14. The van der Waals surface area contributed by atoms with E-state index in [9.17, 15) is 13.6 Å². The second-order valence-electron chi connectivity index (χ2n) is 5.09. The summed E-state index contributed by atoms with van der Waals surface area (Å²) < 4.78 is 34.1. The zero-order valence-electron chi connectivity index (χ0n) is 12.4. The maximum absolute atomic E-state index is 14.1. The number of benzene rings is 2. The Bertz CT molecular complexity index is 955. The van der Waals surface area contributed by atoms with Crippen LogP contribution in [-0.4, -0.2) is 18.1 Å². The highest BCUT2D eigenvalue weighted by Gasteiger charge is 2.19. The minimum Gasteiger partial charge on any atom is -0.489 e. The minimum absolute atomic E-state index is 0.170. The van der Waals surface area contributed by atoms with Crippen LogP contribution in [0.4, 0.5) is 8.78 Å². The number of pyridine rings is 1. The fourth-order valence-electron chi connectivity index (χ4n) is 2.46. The predicted octanol–water partition coefficient (Wildman–Crippen LogP) is 3.57. The van der Waals surface area contributed by atoms with Crippen LogP contribution in [0.1, 0.15) is 0 Å². The molecule has 3 N–H and O–H groups in total. The maximum Gasteiger partial charge on any atom is 0.259 e. The fourth-order valence-corrected chi connectivity index (χ4v) is 2.72. The predicted molar refractivity (Wildman–Crippen MR) is 92.2 cm³/mol. The van der Waals surface area contributed by atoms with Gasteiger partial charge in [-0.2, -0.15) is 0 Å². The first-order valence-corrected chi connectivity index (χ1v) is 7.95. The van der Waals surface area contributed by atoms with Crippen molar-refractivity contribution in [3.63, 3.8) is 0 Å². The van der Waals surface area contributed by atoms with Gasteiger partial charge in [-0.3, -0.25) is 4.79 Å². The normalized spacial score (nSPS) is 11.0. The number of H-pyrrole nitrogens is 1. The SMILES string of the molecule is NCCOc1c(-c2ccc(Br)cc2)[nH]c(=O)c2c(F)c(F)ccc12. The molecule has 3 aromatic rings. The molecule has 24 heavy (non-hydrogen) atoms. The summed E-state index contributed by atoms with van der Waals surface area (Å²) in [4.78, 5) is 14.9. The lowest BCUT2D eigenvalue weighted by Crippen LogP contribution is -2.15. The number of ether oxygens (including phenoxy) is 1. The van der Waals surface area contributed by atoms with Crippen molar-refractivity contribution in [1.29, 1.82) is 0 Å². The number of rotatable bonds is 4. The van der Waals surface area contributed by atoms with Crippen molar-refractivity contribution in [3.05, 3.63) is 62.9 Å². The van der Waals surface area contributed by atoms with Crippen molar-refractivity contribution < 1.29 is 13.5 Å². The number of aromatic nitrogens is 1. The van der Waals surface area contributed by atoms with Crippen LogP contribution in [0.25, 0.3) is 22.0 Å². The molecule has 0 fully saturated rings. The molecule has 0 bridgehead atoms. The molecule has 124 valence electrons. The van der Waals surface area contributed by atoms with Gasteiger partial charge in [-0.1, -0.05) is 28.1 Å². The summed E-state index contributed by atoms with van der Waals surface area (Å²) in [6.07, 6.45) is 0. The van der Waals surface area contributed by atoms with Crippen molar-refractivity contribution in [1.82, 2.24) is 4.98 Å². The molecule has 7 heteroatoms. The zero-order chi connectivity index (χ0) is 17.3. The maximum atomic E-state index is 14.1. The third-order valence-electron chi connectivity index (χ3n) is 3.53. The highest BCUT2D eigenvalue weighted by Crippen LogP contribution is 2.35. The summed E-state index contributed by atoms with van der Waals surface area (Å²) in [5.74, 6) is -2.03. The number of nitrogens with two attached hydrogens (primary N) is 1. The van der Waals surface area contributed by atoms with Crippen LogP contribution in [0.15, 0.2) is 45.7 Å². The van der Waals surface area contributed by atoms with Crippen LogP contribution in [0, 0.1) is 11.6 Å². The molecule has 0 unspecified atom stereocenters. The first kappa shape index (κ1) is 16.6. The van der Waals surface area contributed by atoms with Gasteiger partial charge in [0.05, 0.1) is 11.1 Å². The highest BCUT2D eigenvalue weighted by molar-refractivity contribution is 9.10. The van der Waals surface area contributed by atoms with Gasteiger partial charge in [0.1, 0.15) is 6.61 Å². The van der Waals surface area contributed by atoms with Gasteiger partial charge in [-0.25, -0.2) is 8.78 Å². The van der Waals surface area contributed by atoms with Crippen LogP contribution in [0.2, 0.25) is 0 Å². The quantitative estimate of drug-likeness (QED) is 0.710. The molecule has 0 aliphatic carbocycles. The zero-order valence-corrected chi connectivity index (χ0v) is 14.0. The average Bonchev–Trinajstić information content (AvgIpc) is 2.57. The smallest absolute Gasteiger partial charge is 0.259 e. The van der Waals surface area contributed by atoms with E-state index in [4.69, 9.17) is 10.5 Å². The number of halogens is 3. The van der Waals surface area contributed by atoms with Gasteiger partial charge >= 0.3 is 0 Å². The molecular weight excluding hydrogens is 382 g/mol. The molecule has 0 aliphatic rings. The Morgan fingerprint density at radius 3 is 2.50 bits per heavy atom. The van der Waals surface area contributed by atoms with Crippen LogP contribution in [-0.2, 0) is 0 Å². The van der Waals surface area contributed by atoms with Crippen LogP contribution < -0.4 is 16.0 Å². The van der Waals surface area contributed by atoms with Gasteiger partial charge in [0, 0.05) is 22.0 Å². The number of aromatic amines is 1. The van der Waals surface area contributed by atoms with E-state index in [2.05, 4.69) is 20.9 Å². The Labute approximate surface area is 144 Å². The summed E-state index contributed by atoms with van der Waals surface area (Å²) in [6.45, 7) is 0.410. The Morgan fingerprint density at radius 2 is 1.83 bits per heavy atom. The highest BCUT2D eigenvalue weighted by atomic mass is 79.9. The number of hydrogen-bond donors (Lipinski definition) is 2. The van der Waals surface area contributed by atoms with E-state index in [0.717, 1.165) is 10.5 Å². The van der Waals surface area contributed by atoms with Crippen molar-refractivity contribution in [2.75, 3.05) is 13.2 Å². The van der Waals surface area contributed by atoms with E-state index in [1.54, 1.807) is 24.3 Å². The van der Waals surface area contributed by atoms with E-state index in [-0.39, 0.29) is 29.7 Å².